The van der Waals surface area contributed by atoms with E-state index in [-0.39, 0.29) is 52.6 Å². The van der Waals surface area contributed by atoms with Crippen LogP contribution in [0.2, 0.25) is 0 Å². The zero-order valence-corrected chi connectivity index (χ0v) is 21.1. The van der Waals surface area contributed by atoms with Crippen molar-refractivity contribution < 1.29 is 38.7 Å². The molecule has 0 spiro atoms. The molecule has 15 heteroatoms. The number of anilines is 1. The Balaban J connectivity index is 1.73. The molecular weight excluding hydrogens is 514 g/mol. The van der Waals surface area contributed by atoms with Crippen LogP contribution in [0.25, 0.3) is 0 Å². The van der Waals surface area contributed by atoms with Crippen molar-refractivity contribution in [2.24, 2.45) is 5.16 Å². The third-order valence-corrected chi connectivity index (χ3v) is 7.08. The third kappa shape index (κ3) is 6.20. The standard InChI is InChI=1S/C21H25N5O8S2/c1-3-4-5-34-25-14(12-9-36-21(22)23-12)17(29)24-15-18(30)26-16(20(31)32)11(8-35-19(15)26)7-33-13(28)6-10(2)27/h9,15,19H,3-8H2,1-2H3,(H2,22,23)(H,24,29)(H,31,32)/b25-14-/t15-,19+/m1/s1. The summed E-state index contributed by atoms with van der Waals surface area (Å²) in [5, 5.41) is 17.2. The lowest BCUT2D eigenvalue weighted by Crippen LogP contribution is -2.71. The minimum absolute atomic E-state index is 0.138. The average molecular weight is 540 g/mol. The van der Waals surface area contributed by atoms with Gasteiger partial charge in [0.2, 0.25) is 0 Å². The van der Waals surface area contributed by atoms with Gasteiger partial charge in [-0.1, -0.05) is 18.5 Å². The number of carboxylic acids is 1. The van der Waals surface area contributed by atoms with Gasteiger partial charge in [0.15, 0.2) is 10.8 Å². The van der Waals surface area contributed by atoms with Crippen LogP contribution in [0.5, 0.6) is 0 Å². The summed E-state index contributed by atoms with van der Waals surface area (Å²) < 4.78 is 5.00. The lowest BCUT2D eigenvalue weighted by atomic mass is 10.0. The van der Waals surface area contributed by atoms with Crippen molar-refractivity contribution in [1.82, 2.24) is 15.2 Å². The molecule has 0 bridgehead atoms. The number of esters is 1. The Bertz CT molecular complexity index is 1130. The van der Waals surface area contributed by atoms with E-state index in [1.165, 1.54) is 24.1 Å². The molecule has 0 aliphatic carbocycles. The number of nitrogen functional groups attached to an aromatic ring is 1. The van der Waals surface area contributed by atoms with Gasteiger partial charge in [-0.15, -0.1) is 23.1 Å². The number of rotatable bonds is 12. The number of carboxylic acid groups (broad SMARTS) is 1. The van der Waals surface area contributed by atoms with E-state index in [1.807, 2.05) is 6.92 Å². The van der Waals surface area contributed by atoms with Gasteiger partial charge in [0.25, 0.3) is 11.8 Å². The topological polar surface area (TPSA) is 191 Å². The molecule has 4 N–H and O–H groups in total. The fourth-order valence-electron chi connectivity index (χ4n) is 3.35. The molecule has 0 aromatic carbocycles. The Hall–Kier alpha value is -3.46. The molecule has 2 aliphatic rings. The molecule has 2 atom stereocenters. The molecule has 1 fully saturated rings. The summed E-state index contributed by atoms with van der Waals surface area (Å²) in [6, 6.07) is -1.02. The highest BCUT2D eigenvalue weighted by Crippen LogP contribution is 2.40. The molecular formula is C21H25N5O8S2. The number of fused-ring (bicyclic) bond motifs is 1. The van der Waals surface area contributed by atoms with E-state index < -0.39 is 41.6 Å². The van der Waals surface area contributed by atoms with Gasteiger partial charge in [-0.25, -0.2) is 9.78 Å². The van der Waals surface area contributed by atoms with E-state index in [0.29, 0.717) is 0 Å². The van der Waals surface area contributed by atoms with Gasteiger partial charge < -0.3 is 25.7 Å². The monoisotopic (exact) mass is 539 g/mol. The number of carbonyl (C=O) groups excluding carboxylic acids is 4. The van der Waals surface area contributed by atoms with Crippen molar-refractivity contribution in [3.8, 4) is 0 Å². The van der Waals surface area contributed by atoms with Crippen LogP contribution < -0.4 is 11.1 Å². The van der Waals surface area contributed by atoms with Crippen molar-refractivity contribution in [2.75, 3.05) is 24.7 Å². The number of thioether (sulfide) groups is 1. The predicted molar refractivity (Wildman–Crippen MR) is 130 cm³/mol. The molecule has 0 saturated carbocycles. The number of oxime groups is 1. The van der Waals surface area contributed by atoms with Crippen LogP contribution in [0.1, 0.15) is 38.8 Å². The lowest BCUT2D eigenvalue weighted by molar-refractivity contribution is -0.150. The summed E-state index contributed by atoms with van der Waals surface area (Å²) >= 11 is 2.31. The van der Waals surface area contributed by atoms with E-state index in [1.54, 1.807) is 0 Å². The SMILES string of the molecule is CCCCO/N=C(\C(=O)N[C@@H]1C(=O)N2C(C(=O)O)=C(COC(=O)CC(C)=O)CS[C@@H]12)c1csc(N)n1. The summed E-state index contributed by atoms with van der Waals surface area (Å²) in [6.07, 6.45) is 1.16. The highest BCUT2D eigenvalue weighted by Gasteiger charge is 2.54. The highest BCUT2D eigenvalue weighted by molar-refractivity contribution is 8.00. The number of aliphatic carboxylic acids is 1. The Morgan fingerprint density at radius 2 is 2.11 bits per heavy atom. The number of nitrogens with zero attached hydrogens (tertiary/aromatic N) is 3. The van der Waals surface area contributed by atoms with Gasteiger partial charge in [0.05, 0.1) is 0 Å². The number of hydrogen-bond donors (Lipinski definition) is 3. The molecule has 3 rings (SSSR count). The number of amides is 2. The Morgan fingerprint density at radius 1 is 1.36 bits per heavy atom. The van der Waals surface area contributed by atoms with Crippen molar-refractivity contribution in [2.45, 2.75) is 44.5 Å². The second-order valence-electron chi connectivity index (χ2n) is 7.86. The normalized spacial score (nSPS) is 19.3. The maximum atomic E-state index is 13.0. The number of ketones is 1. The van der Waals surface area contributed by atoms with E-state index in [4.69, 9.17) is 15.3 Å². The van der Waals surface area contributed by atoms with E-state index in [9.17, 15) is 29.1 Å². The maximum absolute atomic E-state index is 13.0. The summed E-state index contributed by atoms with van der Waals surface area (Å²) in [6.45, 7) is 3.12. The molecule has 0 radical (unpaired) electrons. The van der Waals surface area contributed by atoms with Gasteiger partial charge in [0, 0.05) is 16.7 Å². The first-order valence-electron chi connectivity index (χ1n) is 10.9. The molecule has 2 aliphatic heterocycles. The molecule has 2 amide bonds. The quantitative estimate of drug-likeness (QED) is 0.0837. The molecule has 0 unspecified atom stereocenters. The molecule has 1 saturated heterocycles. The van der Waals surface area contributed by atoms with E-state index in [2.05, 4.69) is 15.5 Å². The van der Waals surface area contributed by atoms with Gasteiger partial charge in [-0.2, -0.15) is 0 Å². The number of Topliss-reactive ketones (excluding diaryl/α,β-unsaturated/α-hetero) is 1. The molecule has 1 aromatic rings. The number of ether oxygens (including phenoxy) is 1. The number of nitrogens with one attached hydrogen (secondary N) is 1. The lowest BCUT2D eigenvalue weighted by Gasteiger charge is -2.49. The summed E-state index contributed by atoms with van der Waals surface area (Å²) in [4.78, 5) is 70.9. The van der Waals surface area contributed by atoms with Crippen molar-refractivity contribution in [1.29, 1.82) is 0 Å². The largest absolute Gasteiger partial charge is 0.477 e. The van der Waals surface area contributed by atoms with Gasteiger partial charge in [-0.3, -0.25) is 24.1 Å². The Morgan fingerprint density at radius 3 is 2.72 bits per heavy atom. The first kappa shape index (κ1) is 27.1. The Kier molecular flexibility index (Phi) is 9.03. The van der Waals surface area contributed by atoms with E-state index >= 15 is 0 Å². The minimum Gasteiger partial charge on any atom is -0.477 e. The van der Waals surface area contributed by atoms with Crippen LogP contribution in [-0.2, 0) is 33.5 Å². The summed E-state index contributed by atoms with van der Waals surface area (Å²) in [5.74, 6) is -3.78. The minimum atomic E-state index is -1.37. The zero-order valence-electron chi connectivity index (χ0n) is 19.5. The molecule has 13 nitrogen and oxygen atoms in total. The van der Waals surface area contributed by atoms with Crippen LogP contribution in [0.3, 0.4) is 0 Å². The molecule has 3 heterocycles. The first-order valence-corrected chi connectivity index (χ1v) is 12.8. The molecule has 36 heavy (non-hydrogen) atoms. The van der Waals surface area contributed by atoms with Crippen LogP contribution in [0.15, 0.2) is 21.8 Å². The highest BCUT2D eigenvalue weighted by atomic mass is 32.2. The van der Waals surface area contributed by atoms with Crippen molar-refractivity contribution in [3.63, 3.8) is 0 Å². The van der Waals surface area contributed by atoms with Crippen LogP contribution in [0.4, 0.5) is 5.13 Å². The van der Waals surface area contributed by atoms with E-state index in [0.717, 1.165) is 29.1 Å². The number of nitrogens with two attached hydrogens (primary N) is 1. The summed E-state index contributed by atoms with van der Waals surface area (Å²) in [5.41, 5.74) is 5.60. The summed E-state index contributed by atoms with van der Waals surface area (Å²) in [7, 11) is 0. The fraction of sp³-hybridized carbons (Fsp3) is 0.476. The second-order valence-corrected chi connectivity index (χ2v) is 9.85. The van der Waals surface area contributed by atoms with Gasteiger partial charge in [0.1, 0.15) is 48.2 Å². The maximum Gasteiger partial charge on any atom is 0.352 e. The smallest absolute Gasteiger partial charge is 0.352 e. The number of hydrogen-bond acceptors (Lipinski definition) is 12. The average Bonchev–Trinajstić information content (AvgIpc) is 3.25. The van der Waals surface area contributed by atoms with Crippen molar-refractivity contribution in [3.05, 3.63) is 22.3 Å². The fourth-order valence-corrected chi connectivity index (χ4v) is 5.22. The van der Waals surface area contributed by atoms with Crippen LogP contribution in [-0.4, -0.2) is 80.6 Å². The zero-order chi connectivity index (χ0) is 26.4. The first-order chi connectivity index (χ1) is 17.1. The predicted octanol–water partition coefficient (Wildman–Crippen LogP) is 0.507. The van der Waals surface area contributed by atoms with Gasteiger partial charge >= 0.3 is 11.9 Å². The Labute approximate surface area is 214 Å². The number of thiazole rings is 1. The number of carbonyl (C=O) groups is 5. The molecule has 1 aromatic heterocycles. The number of β-lactam (4-membered cyclic amide) rings is 1. The van der Waals surface area contributed by atoms with Crippen LogP contribution in [0, 0.1) is 0 Å². The van der Waals surface area contributed by atoms with Gasteiger partial charge in [-0.05, 0) is 13.3 Å². The number of unbranched alkanes of at least 4 members (excludes halogenated alkanes) is 1. The van der Waals surface area contributed by atoms with Crippen molar-refractivity contribution >= 4 is 63.5 Å². The molecule has 194 valence electrons. The second kappa shape index (κ2) is 12.0. The third-order valence-electron chi connectivity index (χ3n) is 5.06. The van der Waals surface area contributed by atoms with Crippen LogP contribution >= 0.6 is 23.1 Å². The number of aromatic nitrogens is 1.